The SMILES string of the molecule is CC1=C(C(=O)O)N2C(=O)C(NC(=O)CC#N)[C@@H]2SC1. The van der Waals surface area contributed by atoms with Gasteiger partial charge in [0.2, 0.25) is 5.91 Å². The lowest BCUT2D eigenvalue weighted by Gasteiger charge is -2.49. The van der Waals surface area contributed by atoms with Gasteiger partial charge >= 0.3 is 5.97 Å². The maximum absolute atomic E-state index is 11.9. The van der Waals surface area contributed by atoms with Gasteiger partial charge in [0, 0.05) is 5.75 Å². The van der Waals surface area contributed by atoms with Gasteiger partial charge in [0.05, 0.1) is 6.07 Å². The number of nitrogens with zero attached hydrogens (tertiary/aromatic N) is 2. The first-order chi connectivity index (χ1) is 8.97. The summed E-state index contributed by atoms with van der Waals surface area (Å²) in [7, 11) is 0. The standard InChI is InChI=1S/C11H11N3O4S/c1-5-4-19-10-7(13-6(15)2-3-12)9(16)14(10)8(5)11(17)18/h7,10H,2,4H2,1H3,(H,13,15)(H,17,18)/t7?,10-/m0/s1. The molecule has 19 heavy (non-hydrogen) atoms. The summed E-state index contributed by atoms with van der Waals surface area (Å²) in [6, 6.07) is 0.952. The van der Waals surface area contributed by atoms with Gasteiger partial charge in [0.1, 0.15) is 23.5 Å². The number of hydrogen-bond donors (Lipinski definition) is 2. The van der Waals surface area contributed by atoms with Gasteiger partial charge in [0.25, 0.3) is 5.91 Å². The molecular weight excluding hydrogens is 270 g/mol. The maximum atomic E-state index is 11.9. The molecule has 2 atom stereocenters. The molecule has 0 aromatic carbocycles. The molecule has 1 fully saturated rings. The highest BCUT2D eigenvalue weighted by Gasteiger charge is 2.53. The zero-order valence-corrected chi connectivity index (χ0v) is 10.9. The summed E-state index contributed by atoms with van der Waals surface area (Å²) in [6.07, 6.45) is -0.318. The van der Waals surface area contributed by atoms with Gasteiger partial charge in [0.15, 0.2) is 0 Å². The van der Waals surface area contributed by atoms with Crippen LogP contribution in [0.2, 0.25) is 0 Å². The Bertz CT molecular complexity index is 537. The van der Waals surface area contributed by atoms with E-state index in [4.69, 9.17) is 10.4 Å². The van der Waals surface area contributed by atoms with Crippen LogP contribution in [-0.2, 0) is 14.4 Å². The molecule has 1 unspecified atom stereocenters. The number of carboxylic acid groups (broad SMARTS) is 1. The van der Waals surface area contributed by atoms with Crippen molar-refractivity contribution in [2.24, 2.45) is 0 Å². The monoisotopic (exact) mass is 281 g/mol. The Kier molecular flexibility index (Phi) is 3.48. The van der Waals surface area contributed by atoms with Gasteiger partial charge < -0.3 is 10.4 Å². The largest absolute Gasteiger partial charge is 0.477 e. The van der Waals surface area contributed by atoms with E-state index < -0.39 is 29.2 Å². The number of aliphatic carboxylic acids is 1. The van der Waals surface area contributed by atoms with Crippen LogP contribution in [0.25, 0.3) is 0 Å². The summed E-state index contributed by atoms with van der Waals surface area (Å²) in [5.41, 5.74) is 0.628. The Balaban J connectivity index is 2.14. The summed E-state index contributed by atoms with van der Waals surface area (Å²) in [4.78, 5) is 35.6. The Morgan fingerprint density at radius 3 is 2.89 bits per heavy atom. The molecule has 0 aromatic rings. The molecule has 7 nitrogen and oxygen atoms in total. The molecule has 0 bridgehead atoms. The number of β-lactam (4-membered cyclic amide) rings is 1. The van der Waals surface area contributed by atoms with E-state index in [0.29, 0.717) is 11.3 Å². The number of nitriles is 1. The van der Waals surface area contributed by atoms with Crippen molar-refractivity contribution in [3.05, 3.63) is 11.3 Å². The van der Waals surface area contributed by atoms with Crippen molar-refractivity contribution >= 4 is 29.5 Å². The second-order valence-electron chi connectivity index (χ2n) is 4.22. The van der Waals surface area contributed by atoms with Crippen molar-refractivity contribution in [3.8, 4) is 6.07 Å². The minimum absolute atomic E-state index is 0.000433. The first kappa shape index (κ1) is 13.4. The van der Waals surface area contributed by atoms with Crippen LogP contribution in [0.15, 0.2) is 11.3 Å². The number of carboxylic acids is 1. The lowest BCUT2D eigenvalue weighted by molar-refractivity contribution is -0.150. The number of hydrogen-bond acceptors (Lipinski definition) is 5. The average Bonchev–Trinajstić information content (AvgIpc) is 2.35. The molecule has 2 rings (SSSR count). The molecular formula is C11H11N3O4S. The molecule has 1 saturated heterocycles. The summed E-state index contributed by atoms with van der Waals surface area (Å²) in [6.45, 7) is 1.67. The van der Waals surface area contributed by atoms with Gasteiger partial charge in [-0.15, -0.1) is 11.8 Å². The molecule has 8 heteroatoms. The van der Waals surface area contributed by atoms with Crippen LogP contribution in [0, 0.1) is 11.3 Å². The molecule has 0 aliphatic carbocycles. The highest BCUT2D eigenvalue weighted by molar-refractivity contribution is 8.00. The predicted molar refractivity (Wildman–Crippen MR) is 65.6 cm³/mol. The number of thioether (sulfide) groups is 1. The van der Waals surface area contributed by atoms with Crippen LogP contribution in [0.5, 0.6) is 0 Å². The lowest BCUT2D eigenvalue weighted by Crippen LogP contribution is -2.70. The highest BCUT2D eigenvalue weighted by Crippen LogP contribution is 2.40. The normalized spacial score (nSPS) is 25.3. The smallest absolute Gasteiger partial charge is 0.352 e. The Morgan fingerprint density at radius 2 is 2.32 bits per heavy atom. The van der Waals surface area contributed by atoms with Crippen LogP contribution in [0.1, 0.15) is 13.3 Å². The van der Waals surface area contributed by atoms with Crippen LogP contribution in [0.3, 0.4) is 0 Å². The summed E-state index contributed by atoms with van der Waals surface area (Å²) in [5, 5.41) is 19.6. The summed E-state index contributed by atoms with van der Waals surface area (Å²) >= 11 is 1.40. The molecule has 2 amide bonds. The number of nitrogens with one attached hydrogen (secondary N) is 1. The first-order valence-corrected chi connectivity index (χ1v) is 6.56. The van der Waals surface area contributed by atoms with E-state index >= 15 is 0 Å². The van der Waals surface area contributed by atoms with Gasteiger partial charge in [-0.1, -0.05) is 0 Å². The van der Waals surface area contributed by atoms with E-state index in [-0.39, 0.29) is 12.1 Å². The Labute approximate surface area is 113 Å². The van der Waals surface area contributed by atoms with Crippen molar-refractivity contribution in [2.45, 2.75) is 24.8 Å². The van der Waals surface area contributed by atoms with Crippen LogP contribution in [0.4, 0.5) is 0 Å². The third-order valence-electron chi connectivity index (χ3n) is 2.92. The minimum atomic E-state index is -1.14. The third kappa shape index (κ3) is 2.17. The molecule has 100 valence electrons. The quantitative estimate of drug-likeness (QED) is 0.685. The molecule has 0 aromatic heterocycles. The second kappa shape index (κ2) is 4.93. The molecule has 2 heterocycles. The van der Waals surface area contributed by atoms with Crippen molar-refractivity contribution in [2.75, 3.05) is 5.75 Å². The molecule has 2 aliphatic heterocycles. The number of amides is 2. The Hall–Kier alpha value is -2.01. The van der Waals surface area contributed by atoms with Crippen molar-refractivity contribution < 1.29 is 19.5 Å². The lowest BCUT2D eigenvalue weighted by atomic mass is 10.0. The third-order valence-corrected chi connectivity index (χ3v) is 4.34. The first-order valence-electron chi connectivity index (χ1n) is 5.51. The van der Waals surface area contributed by atoms with Crippen LogP contribution < -0.4 is 5.32 Å². The molecule has 0 saturated carbocycles. The van der Waals surface area contributed by atoms with Gasteiger partial charge in [-0.05, 0) is 12.5 Å². The fourth-order valence-corrected chi connectivity index (χ4v) is 3.36. The van der Waals surface area contributed by atoms with E-state index in [9.17, 15) is 14.4 Å². The molecule has 2 aliphatic rings. The maximum Gasteiger partial charge on any atom is 0.352 e. The number of carbonyl (C=O) groups is 3. The summed E-state index contributed by atoms with van der Waals surface area (Å²) in [5.74, 6) is -1.61. The zero-order chi connectivity index (χ0) is 14.2. The van der Waals surface area contributed by atoms with Crippen molar-refractivity contribution in [3.63, 3.8) is 0 Å². The van der Waals surface area contributed by atoms with E-state index in [1.54, 1.807) is 13.0 Å². The van der Waals surface area contributed by atoms with E-state index in [2.05, 4.69) is 5.32 Å². The fraction of sp³-hybridized carbons (Fsp3) is 0.455. The van der Waals surface area contributed by atoms with Crippen LogP contribution in [-0.4, -0.2) is 45.0 Å². The van der Waals surface area contributed by atoms with Gasteiger partial charge in [-0.3, -0.25) is 14.5 Å². The van der Waals surface area contributed by atoms with Crippen molar-refractivity contribution in [1.82, 2.24) is 10.2 Å². The molecule has 0 radical (unpaired) electrons. The van der Waals surface area contributed by atoms with Crippen molar-refractivity contribution in [1.29, 1.82) is 5.26 Å². The van der Waals surface area contributed by atoms with Gasteiger partial charge in [-0.2, -0.15) is 5.26 Å². The zero-order valence-electron chi connectivity index (χ0n) is 10.0. The number of fused-ring (bicyclic) bond motifs is 1. The number of carbonyl (C=O) groups excluding carboxylic acids is 2. The topological polar surface area (TPSA) is 110 Å². The number of rotatable bonds is 3. The minimum Gasteiger partial charge on any atom is -0.477 e. The van der Waals surface area contributed by atoms with E-state index in [0.717, 1.165) is 0 Å². The predicted octanol–water partition coefficient (Wildman–Crippen LogP) is -0.341. The average molecular weight is 281 g/mol. The Morgan fingerprint density at radius 1 is 1.63 bits per heavy atom. The molecule has 0 spiro atoms. The second-order valence-corrected chi connectivity index (χ2v) is 5.33. The van der Waals surface area contributed by atoms with Gasteiger partial charge in [-0.25, -0.2) is 4.79 Å². The highest BCUT2D eigenvalue weighted by atomic mass is 32.2. The fourth-order valence-electron chi connectivity index (χ4n) is 2.07. The van der Waals surface area contributed by atoms with E-state index in [1.165, 1.54) is 16.7 Å². The van der Waals surface area contributed by atoms with Crippen LogP contribution >= 0.6 is 11.8 Å². The molecule has 2 N–H and O–H groups in total. The summed E-state index contributed by atoms with van der Waals surface area (Å²) < 4.78 is 0. The van der Waals surface area contributed by atoms with E-state index in [1.807, 2.05) is 0 Å².